The van der Waals surface area contributed by atoms with E-state index in [-0.39, 0.29) is 23.9 Å². The van der Waals surface area contributed by atoms with E-state index in [1.165, 1.54) is 5.56 Å². The Labute approximate surface area is 185 Å². The molecule has 1 fully saturated rings. The smallest absolute Gasteiger partial charge is 0.225 e. The van der Waals surface area contributed by atoms with Crippen molar-refractivity contribution < 1.29 is 4.79 Å². The average Bonchev–Trinajstić information content (AvgIpc) is 3.10. The second kappa shape index (κ2) is 10.4. The number of aliphatic imine (C=N–C) groups is 1. The Hall–Kier alpha value is -2.90. The molecule has 8 nitrogen and oxygen atoms in total. The molecule has 0 radical (unpaired) electrons. The van der Waals surface area contributed by atoms with Crippen molar-refractivity contribution in [3.8, 4) is 0 Å². The molecule has 8 heteroatoms. The van der Waals surface area contributed by atoms with Crippen LogP contribution < -0.4 is 10.6 Å². The summed E-state index contributed by atoms with van der Waals surface area (Å²) in [4.78, 5) is 19.1. The van der Waals surface area contributed by atoms with Gasteiger partial charge in [-0.15, -0.1) is 10.2 Å². The third-order valence-corrected chi connectivity index (χ3v) is 5.86. The molecule has 1 aromatic heterocycles. The lowest BCUT2D eigenvalue weighted by Crippen LogP contribution is -2.50. The van der Waals surface area contributed by atoms with Crippen LogP contribution in [0.15, 0.2) is 35.3 Å². The van der Waals surface area contributed by atoms with Crippen molar-refractivity contribution >= 4 is 11.9 Å². The van der Waals surface area contributed by atoms with Crippen molar-refractivity contribution in [1.82, 2.24) is 30.3 Å². The predicted octanol–water partition coefficient (Wildman–Crippen LogP) is 2.57. The number of hydrogen-bond donors (Lipinski definition) is 2. The van der Waals surface area contributed by atoms with Crippen LogP contribution in [0.3, 0.4) is 0 Å². The molecule has 1 aromatic carbocycles. The minimum absolute atomic E-state index is 0.0462. The molecule has 168 valence electrons. The molecule has 2 heterocycles. The van der Waals surface area contributed by atoms with E-state index in [9.17, 15) is 4.79 Å². The van der Waals surface area contributed by atoms with Gasteiger partial charge in [0.05, 0.1) is 6.04 Å². The van der Waals surface area contributed by atoms with Gasteiger partial charge in [0, 0.05) is 32.1 Å². The van der Waals surface area contributed by atoms with E-state index in [0.717, 1.165) is 43.5 Å². The first-order valence-corrected chi connectivity index (χ1v) is 11.1. The second-order valence-corrected chi connectivity index (χ2v) is 8.56. The molecule has 1 unspecified atom stereocenters. The van der Waals surface area contributed by atoms with Crippen LogP contribution >= 0.6 is 0 Å². The Kier molecular flexibility index (Phi) is 7.65. The Morgan fingerprint density at radius 2 is 1.84 bits per heavy atom. The molecule has 1 aliphatic rings. The van der Waals surface area contributed by atoms with Crippen molar-refractivity contribution in [1.29, 1.82) is 0 Å². The Morgan fingerprint density at radius 1 is 1.16 bits per heavy atom. The van der Waals surface area contributed by atoms with Crippen molar-refractivity contribution in [2.75, 3.05) is 13.1 Å². The molecule has 2 aromatic rings. The van der Waals surface area contributed by atoms with E-state index in [1.54, 1.807) is 0 Å². The molecular weight excluding hydrogens is 390 g/mol. The Balaban J connectivity index is 1.67. The van der Waals surface area contributed by atoms with Crippen molar-refractivity contribution in [3.05, 3.63) is 47.5 Å². The predicted molar refractivity (Wildman–Crippen MR) is 122 cm³/mol. The van der Waals surface area contributed by atoms with Crippen molar-refractivity contribution in [3.63, 3.8) is 0 Å². The normalized spacial score (nSPS) is 16.5. The van der Waals surface area contributed by atoms with Crippen molar-refractivity contribution in [2.45, 2.75) is 59.2 Å². The lowest BCUT2D eigenvalue weighted by atomic mass is 10.0. The fourth-order valence-corrected chi connectivity index (χ4v) is 3.70. The SMILES string of the molecule is Cc1nnc(CN=C(NC2CCN(C(=O)C(C)C)CC2)NC(C)c2ccccc2)n1C. The highest BCUT2D eigenvalue weighted by Crippen LogP contribution is 2.15. The summed E-state index contributed by atoms with van der Waals surface area (Å²) >= 11 is 0. The van der Waals surface area contributed by atoms with E-state index in [4.69, 9.17) is 4.99 Å². The maximum Gasteiger partial charge on any atom is 0.225 e. The first kappa shape index (κ1) is 22.8. The minimum atomic E-state index is 0.0462. The quantitative estimate of drug-likeness (QED) is 0.549. The van der Waals surface area contributed by atoms with Gasteiger partial charge in [-0.1, -0.05) is 44.2 Å². The standard InChI is InChI=1S/C23H35N7O/c1-16(2)22(31)30-13-11-20(12-14-30)26-23(24-15-21-28-27-18(4)29(21)5)25-17(3)19-9-7-6-8-10-19/h6-10,16-17,20H,11-15H2,1-5H3,(H2,24,25,26). The van der Waals surface area contributed by atoms with E-state index in [2.05, 4.69) is 39.9 Å². The first-order valence-electron chi connectivity index (χ1n) is 11.1. The van der Waals surface area contributed by atoms with Gasteiger partial charge in [-0.2, -0.15) is 0 Å². The van der Waals surface area contributed by atoms with Crippen molar-refractivity contribution in [2.24, 2.45) is 18.0 Å². The number of hydrogen-bond acceptors (Lipinski definition) is 4. The summed E-state index contributed by atoms with van der Waals surface area (Å²) in [6.07, 6.45) is 1.81. The molecule has 0 saturated carbocycles. The summed E-state index contributed by atoms with van der Waals surface area (Å²) in [6.45, 7) is 9.97. The van der Waals surface area contributed by atoms with E-state index in [1.807, 2.05) is 55.5 Å². The van der Waals surface area contributed by atoms with Crippen LogP contribution in [-0.4, -0.2) is 50.7 Å². The third-order valence-electron chi connectivity index (χ3n) is 5.86. The molecule has 31 heavy (non-hydrogen) atoms. The van der Waals surface area contributed by atoms with Crippen LogP contribution in [0, 0.1) is 12.8 Å². The fourth-order valence-electron chi connectivity index (χ4n) is 3.70. The highest BCUT2D eigenvalue weighted by molar-refractivity contribution is 5.81. The van der Waals surface area contributed by atoms with E-state index in [0.29, 0.717) is 6.54 Å². The zero-order valence-electron chi connectivity index (χ0n) is 19.3. The number of piperidine rings is 1. The maximum absolute atomic E-state index is 12.3. The number of guanidine groups is 1. The summed E-state index contributed by atoms with van der Waals surface area (Å²) in [5.41, 5.74) is 1.20. The molecular formula is C23H35N7O. The number of likely N-dealkylation sites (tertiary alicyclic amines) is 1. The van der Waals surface area contributed by atoms with Gasteiger partial charge in [0.2, 0.25) is 5.91 Å². The largest absolute Gasteiger partial charge is 0.354 e. The van der Waals surface area contributed by atoms with Crippen LogP contribution in [0.2, 0.25) is 0 Å². The summed E-state index contributed by atoms with van der Waals surface area (Å²) in [5.74, 6) is 2.73. The number of carbonyl (C=O) groups is 1. The summed E-state index contributed by atoms with van der Waals surface area (Å²) in [5, 5.41) is 15.5. The molecule has 2 N–H and O–H groups in total. The van der Waals surface area contributed by atoms with Crippen LogP contribution in [0.1, 0.15) is 56.9 Å². The molecule has 1 saturated heterocycles. The van der Waals surface area contributed by atoms with Gasteiger partial charge in [0.1, 0.15) is 12.4 Å². The Bertz CT molecular complexity index is 883. The topological polar surface area (TPSA) is 87.4 Å². The second-order valence-electron chi connectivity index (χ2n) is 8.56. The monoisotopic (exact) mass is 425 g/mol. The lowest BCUT2D eigenvalue weighted by Gasteiger charge is -2.34. The number of aryl methyl sites for hydroxylation is 1. The number of nitrogens with one attached hydrogen (secondary N) is 2. The highest BCUT2D eigenvalue weighted by atomic mass is 16.2. The van der Waals surface area contributed by atoms with Gasteiger partial charge in [0.15, 0.2) is 11.8 Å². The van der Waals surface area contributed by atoms with Crippen LogP contribution in [0.25, 0.3) is 0 Å². The summed E-state index contributed by atoms with van der Waals surface area (Å²) in [6, 6.07) is 10.7. The van der Waals surface area contributed by atoms with Gasteiger partial charge in [-0.25, -0.2) is 4.99 Å². The fraction of sp³-hybridized carbons (Fsp3) is 0.565. The number of nitrogens with zero attached hydrogens (tertiary/aromatic N) is 5. The summed E-state index contributed by atoms with van der Waals surface area (Å²) < 4.78 is 1.96. The molecule has 1 aliphatic heterocycles. The van der Waals surface area contributed by atoms with Crippen LogP contribution in [0.4, 0.5) is 0 Å². The number of amides is 1. The molecule has 0 spiro atoms. The molecule has 1 atom stereocenters. The number of aromatic nitrogens is 3. The minimum Gasteiger partial charge on any atom is -0.354 e. The average molecular weight is 426 g/mol. The number of benzene rings is 1. The highest BCUT2D eigenvalue weighted by Gasteiger charge is 2.25. The van der Waals surface area contributed by atoms with Crippen LogP contribution in [0.5, 0.6) is 0 Å². The summed E-state index contributed by atoms with van der Waals surface area (Å²) in [7, 11) is 1.95. The first-order chi connectivity index (χ1) is 14.8. The number of rotatable bonds is 6. The molecule has 1 amide bonds. The van der Waals surface area contributed by atoms with Gasteiger partial charge < -0.3 is 20.1 Å². The molecule has 3 rings (SSSR count). The van der Waals surface area contributed by atoms with Crippen LogP contribution in [-0.2, 0) is 18.4 Å². The van der Waals surface area contributed by atoms with Gasteiger partial charge in [0.25, 0.3) is 0 Å². The maximum atomic E-state index is 12.3. The zero-order valence-corrected chi connectivity index (χ0v) is 19.3. The Morgan fingerprint density at radius 3 is 2.42 bits per heavy atom. The lowest BCUT2D eigenvalue weighted by molar-refractivity contribution is -0.135. The third kappa shape index (κ3) is 6.06. The molecule has 0 bridgehead atoms. The van der Waals surface area contributed by atoms with Gasteiger partial charge in [-0.05, 0) is 32.3 Å². The van der Waals surface area contributed by atoms with E-state index >= 15 is 0 Å². The zero-order chi connectivity index (χ0) is 22.4. The van der Waals surface area contributed by atoms with Gasteiger partial charge >= 0.3 is 0 Å². The number of carbonyl (C=O) groups excluding carboxylic acids is 1. The molecule has 0 aliphatic carbocycles. The van der Waals surface area contributed by atoms with E-state index < -0.39 is 0 Å². The van der Waals surface area contributed by atoms with Gasteiger partial charge in [-0.3, -0.25) is 4.79 Å².